The lowest BCUT2D eigenvalue weighted by atomic mass is 9.94. The van der Waals surface area contributed by atoms with Crippen LogP contribution in [0.25, 0.3) is 0 Å². The van der Waals surface area contributed by atoms with E-state index < -0.39 is 0 Å². The van der Waals surface area contributed by atoms with E-state index in [0.29, 0.717) is 0 Å². The molecular formula is C14H26N2. The van der Waals surface area contributed by atoms with Gasteiger partial charge < -0.3 is 10.2 Å². The van der Waals surface area contributed by atoms with E-state index in [9.17, 15) is 0 Å². The van der Waals surface area contributed by atoms with Crippen LogP contribution in [0, 0.1) is 11.8 Å². The first-order valence-corrected chi connectivity index (χ1v) is 7.36. The Morgan fingerprint density at radius 3 is 2.88 bits per heavy atom. The third-order valence-electron chi connectivity index (χ3n) is 4.98. The molecule has 2 bridgehead atoms. The molecule has 3 rings (SSSR count). The van der Waals surface area contributed by atoms with E-state index in [1.807, 2.05) is 0 Å². The molecule has 0 radical (unpaired) electrons. The number of nitrogens with zero attached hydrogens (tertiary/aromatic N) is 1. The average Bonchev–Trinajstić information content (AvgIpc) is 2.92. The van der Waals surface area contributed by atoms with Gasteiger partial charge in [0, 0.05) is 12.6 Å². The van der Waals surface area contributed by atoms with Crippen LogP contribution in [0.5, 0.6) is 0 Å². The molecule has 1 saturated carbocycles. The van der Waals surface area contributed by atoms with Gasteiger partial charge in [-0.2, -0.15) is 0 Å². The van der Waals surface area contributed by atoms with Crippen molar-refractivity contribution in [3.05, 3.63) is 0 Å². The van der Waals surface area contributed by atoms with Gasteiger partial charge in [0.25, 0.3) is 0 Å². The number of hydrogen-bond donors (Lipinski definition) is 1. The predicted molar refractivity (Wildman–Crippen MR) is 67.5 cm³/mol. The highest BCUT2D eigenvalue weighted by atomic mass is 15.2. The molecule has 0 aromatic rings. The second kappa shape index (κ2) is 5.05. The van der Waals surface area contributed by atoms with Gasteiger partial charge in [0.05, 0.1) is 0 Å². The molecule has 0 aromatic heterocycles. The largest absolute Gasteiger partial charge is 0.316 e. The zero-order chi connectivity index (χ0) is 10.8. The van der Waals surface area contributed by atoms with E-state index in [0.717, 1.165) is 17.9 Å². The van der Waals surface area contributed by atoms with Crippen molar-refractivity contribution in [2.24, 2.45) is 11.8 Å². The molecule has 92 valence electrons. The molecule has 1 aliphatic carbocycles. The molecule has 3 unspecified atom stereocenters. The molecule has 2 aliphatic heterocycles. The van der Waals surface area contributed by atoms with Gasteiger partial charge >= 0.3 is 0 Å². The maximum atomic E-state index is 3.53. The minimum atomic E-state index is 0.980. The van der Waals surface area contributed by atoms with E-state index in [2.05, 4.69) is 10.2 Å². The van der Waals surface area contributed by atoms with Crippen LogP contribution in [-0.2, 0) is 0 Å². The molecule has 2 nitrogen and oxygen atoms in total. The normalized spacial score (nSPS) is 39.4. The number of rotatable bonds is 4. The van der Waals surface area contributed by atoms with Crippen LogP contribution in [0.4, 0.5) is 0 Å². The summed E-state index contributed by atoms with van der Waals surface area (Å²) in [5, 5.41) is 3.53. The first-order valence-electron chi connectivity index (χ1n) is 7.36. The summed E-state index contributed by atoms with van der Waals surface area (Å²) in [6, 6.07) is 0.981. The summed E-state index contributed by atoms with van der Waals surface area (Å²) >= 11 is 0. The van der Waals surface area contributed by atoms with Gasteiger partial charge in [-0.1, -0.05) is 0 Å². The summed E-state index contributed by atoms with van der Waals surface area (Å²) < 4.78 is 0. The molecule has 2 heterocycles. The Balaban J connectivity index is 1.34. The first kappa shape index (κ1) is 11.0. The van der Waals surface area contributed by atoms with Crippen LogP contribution in [-0.4, -0.2) is 37.1 Å². The Hall–Kier alpha value is -0.0800. The topological polar surface area (TPSA) is 15.3 Å². The standard InChI is InChI=1S/C14H26N2/c1-3-12(10-15-7-1)4-2-8-16-11-13-5-6-14(16)9-13/h12-15H,1-11H2. The SMILES string of the molecule is C1CNCC(CCCN2CC3CCC2C3)C1. The van der Waals surface area contributed by atoms with Gasteiger partial charge in [-0.05, 0) is 76.4 Å². The minimum absolute atomic E-state index is 0.980. The monoisotopic (exact) mass is 222 g/mol. The minimum Gasteiger partial charge on any atom is -0.316 e. The van der Waals surface area contributed by atoms with Gasteiger partial charge in [0.1, 0.15) is 0 Å². The van der Waals surface area contributed by atoms with Crippen LogP contribution < -0.4 is 5.32 Å². The summed E-state index contributed by atoms with van der Waals surface area (Å²) in [4.78, 5) is 2.78. The first-order chi connectivity index (χ1) is 7.92. The van der Waals surface area contributed by atoms with Gasteiger partial charge in [-0.25, -0.2) is 0 Å². The summed E-state index contributed by atoms with van der Waals surface area (Å²) in [5.41, 5.74) is 0. The number of nitrogens with one attached hydrogen (secondary N) is 1. The zero-order valence-electron chi connectivity index (χ0n) is 10.5. The van der Waals surface area contributed by atoms with E-state index >= 15 is 0 Å². The highest BCUT2D eigenvalue weighted by molar-refractivity contribution is 4.91. The van der Waals surface area contributed by atoms with Crippen molar-refractivity contribution in [2.75, 3.05) is 26.2 Å². The molecule has 3 atom stereocenters. The fraction of sp³-hybridized carbons (Fsp3) is 1.00. The zero-order valence-corrected chi connectivity index (χ0v) is 10.5. The van der Waals surface area contributed by atoms with Crippen molar-refractivity contribution < 1.29 is 0 Å². The van der Waals surface area contributed by atoms with Gasteiger partial charge in [0.2, 0.25) is 0 Å². The highest BCUT2D eigenvalue weighted by Crippen LogP contribution is 2.37. The van der Waals surface area contributed by atoms with E-state index in [-0.39, 0.29) is 0 Å². The Morgan fingerprint density at radius 2 is 2.19 bits per heavy atom. The van der Waals surface area contributed by atoms with Crippen molar-refractivity contribution in [3.8, 4) is 0 Å². The molecule has 3 aliphatic rings. The van der Waals surface area contributed by atoms with E-state index in [4.69, 9.17) is 0 Å². The molecule has 1 N–H and O–H groups in total. The van der Waals surface area contributed by atoms with Crippen molar-refractivity contribution in [1.29, 1.82) is 0 Å². The maximum Gasteiger partial charge on any atom is 0.00985 e. The van der Waals surface area contributed by atoms with Gasteiger partial charge in [-0.3, -0.25) is 0 Å². The molecule has 2 saturated heterocycles. The number of fused-ring (bicyclic) bond motifs is 2. The second-order valence-electron chi connectivity index (χ2n) is 6.18. The lowest BCUT2D eigenvalue weighted by Crippen LogP contribution is -2.34. The third-order valence-corrected chi connectivity index (χ3v) is 4.98. The second-order valence-corrected chi connectivity index (χ2v) is 6.18. The van der Waals surface area contributed by atoms with E-state index in [1.54, 1.807) is 0 Å². The lowest BCUT2D eigenvalue weighted by Gasteiger charge is -2.28. The summed E-state index contributed by atoms with van der Waals surface area (Å²) in [6.07, 6.45) is 10.3. The Bertz CT molecular complexity index is 223. The number of hydrogen-bond acceptors (Lipinski definition) is 2. The molecule has 0 aromatic carbocycles. The predicted octanol–water partition coefficient (Wildman–Crippen LogP) is 2.25. The maximum absolute atomic E-state index is 3.53. The van der Waals surface area contributed by atoms with Gasteiger partial charge in [0.15, 0.2) is 0 Å². The average molecular weight is 222 g/mol. The summed E-state index contributed by atoms with van der Waals surface area (Å²) in [7, 11) is 0. The Labute approximate surface area is 99.8 Å². The third kappa shape index (κ3) is 2.43. The van der Waals surface area contributed by atoms with E-state index in [1.165, 1.54) is 71.1 Å². The molecule has 2 heteroatoms. The van der Waals surface area contributed by atoms with Crippen molar-refractivity contribution >= 4 is 0 Å². The van der Waals surface area contributed by atoms with Gasteiger partial charge in [-0.15, -0.1) is 0 Å². The Kier molecular flexibility index (Phi) is 3.49. The Morgan fingerprint density at radius 1 is 1.19 bits per heavy atom. The van der Waals surface area contributed by atoms with Crippen LogP contribution in [0.3, 0.4) is 0 Å². The van der Waals surface area contributed by atoms with Crippen molar-refractivity contribution in [3.63, 3.8) is 0 Å². The van der Waals surface area contributed by atoms with Crippen LogP contribution in [0.1, 0.15) is 44.9 Å². The summed E-state index contributed by atoms with van der Waals surface area (Å²) in [5.74, 6) is 2.05. The smallest absolute Gasteiger partial charge is 0.00985 e. The molecule has 3 fully saturated rings. The van der Waals surface area contributed by atoms with Crippen molar-refractivity contribution in [1.82, 2.24) is 10.2 Å². The molecule has 0 spiro atoms. The quantitative estimate of drug-likeness (QED) is 0.785. The molecule has 16 heavy (non-hydrogen) atoms. The molecular weight excluding hydrogens is 196 g/mol. The lowest BCUT2D eigenvalue weighted by molar-refractivity contribution is 0.202. The van der Waals surface area contributed by atoms with Crippen LogP contribution in [0.2, 0.25) is 0 Å². The van der Waals surface area contributed by atoms with Crippen molar-refractivity contribution in [2.45, 2.75) is 51.0 Å². The van der Waals surface area contributed by atoms with Crippen LogP contribution >= 0.6 is 0 Å². The fourth-order valence-corrected chi connectivity index (χ4v) is 4.05. The highest BCUT2D eigenvalue weighted by Gasteiger charge is 2.37. The fourth-order valence-electron chi connectivity index (χ4n) is 4.05. The number of piperidine rings is 2. The summed E-state index contributed by atoms with van der Waals surface area (Å²) in [6.45, 7) is 5.35. The molecule has 0 amide bonds. The number of likely N-dealkylation sites (tertiary alicyclic amines) is 1. The van der Waals surface area contributed by atoms with Crippen LogP contribution in [0.15, 0.2) is 0 Å².